The number of rotatable bonds is 9. The van der Waals surface area contributed by atoms with Crippen LogP contribution in [0.3, 0.4) is 0 Å². The van der Waals surface area contributed by atoms with Crippen LogP contribution in [0.1, 0.15) is 43.0 Å². The first-order valence-electron chi connectivity index (χ1n) is 7.14. The standard InChI is InChI=1S/C15H22ClN3O2/c1-2-8-18-13-7-6-11(16)10-12(13)15(21)19-9-4-3-5-14(17)20/h6-7,10,18H,2-5,8-9H2,1H3,(H2,17,20)(H,19,21). The fourth-order valence-electron chi connectivity index (χ4n) is 1.84. The van der Waals surface area contributed by atoms with Crippen LogP contribution in [0.25, 0.3) is 0 Å². The van der Waals surface area contributed by atoms with E-state index in [-0.39, 0.29) is 11.8 Å². The van der Waals surface area contributed by atoms with Crippen molar-refractivity contribution in [2.75, 3.05) is 18.4 Å². The van der Waals surface area contributed by atoms with Crippen molar-refractivity contribution < 1.29 is 9.59 Å². The van der Waals surface area contributed by atoms with Crippen LogP contribution in [-0.2, 0) is 4.79 Å². The lowest BCUT2D eigenvalue weighted by molar-refractivity contribution is -0.118. The molecule has 0 atom stereocenters. The van der Waals surface area contributed by atoms with Gasteiger partial charge >= 0.3 is 0 Å². The number of carbonyl (C=O) groups is 2. The Kier molecular flexibility index (Phi) is 7.61. The fraction of sp³-hybridized carbons (Fsp3) is 0.467. The summed E-state index contributed by atoms with van der Waals surface area (Å²) in [5.74, 6) is -0.489. The first-order valence-corrected chi connectivity index (χ1v) is 7.52. The third-order valence-corrected chi connectivity index (χ3v) is 3.16. The zero-order chi connectivity index (χ0) is 15.7. The molecule has 1 rings (SSSR count). The topological polar surface area (TPSA) is 84.2 Å². The smallest absolute Gasteiger partial charge is 0.253 e. The van der Waals surface area contributed by atoms with Crippen LogP contribution in [-0.4, -0.2) is 24.9 Å². The second-order valence-electron chi connectivity index (χ2n) is 4.80. The van der Waals surface area contributed by atoms with Gasteiger partial charge in [-0.1, -0.05) is 18.5 Å². The molecule has 5 nitrogen and oxygen atoms in total. The summed E-state index contributed by atoms with van der Waals surface area (Å²) < 4.78 is 0. The summed E-state index contributed by atoms with van der Waals surface area (Å²) >= 11 is 5.95. The highest BCUT2D eigenvalue weighted by atomic mass is 35.5. The lowest BCUT2D eigenvalue weighted by Crippen LogP contribution is -2.25. The minimum absolute atomic E-state index is 0.171. The van der Waals surface area contributed by atoms with Crippen LogP contribution >= 0.6 is 11.6 Å². The molecule has 21 heavy (non-hydrogen) atoms. The molecule has 0 aromatic heterocycles. The second-order valence-corrected chi connectivity index (χ2v) is 5.23. The summed E-state index contributed by atoms with van der Waals surface area (Å²) in [4.78, 5) is 22.8. The highest BCUT2D eigenvalue weighted by Gasteiger charge is 2.11. The van der Waals surface area contributed by atoms with Crippen molar-refractivity contribution in [3.05, 3.63) is 28.8 Å². The molecule has 0 fully saturated rings. The van der Waals surface area contributed by atoms with E-state index in [1.807, 2.05) is 0 Å². The number of halogens is 1. The van der Waals surface area contributed by atoms with E-state index in [0.29, 0.717) is 36.4 Å². The Bertz CT molecular complexity index is 492. The maximum absolute atomic E-state index is 12.2. The van der Waals surface area contributed by atoms with Gasteiger partial charge in [-0.25, -0.2) is 0 Å². The van der Waals surface area contributed by atoms with Crippen LogP contribution in [0, 0.1) is 0 Å². The van der Waals surface area contributed by atoms with Crippen LogP contribution in [0.2, 0.25) is 5.02 Å². The lowest BCUT2D eigenvalue weighted by Gasteiger charge is -2.12. The highest BCUT2D eigenvalue weighted by Crippen LogP contribution is 2.20. The van der Waals surface area contributed by atoms with Gasteiger partial charge in [-0.2, -0.15) is 0 Å². The predicted molar refractivity (Wildman–Crippen MR) is 85.6 cm³/mol. The van der Waals surface area contributed by atoms with E-state index >= 15 is 0 Å². The monoisotopic (exact) mass is 311 g/mol. The average Bonchev–Trinajstić information content (AvgIpc) is 2.45. The highest BCUT2D eigenvalue weighted by molar-refractivity contribution is 6.31. The number of anilines is 1. The van der Waals surface area contributed by atoms with E-state index < -0.39 is 0 Å². The Morgan fingerprint density at radius 1 is 1.24 bits per heavy atom. The molecule has 0 radical (unpaired) electrons. The average molecular weight is 312 g/mol. The molecular formula is C15H22ClN3O2. The zero-order valence-corrected chi connectivity index (χ0v) is 13.0. The molecule has 0 heterocycles. The summed E-state index contributed by atoms with van der Waals surface area (Å²) in [6, 6.07) is 5.21. The van der Waals surface area contributed by atoms with Gasteiger partial charge in [0.15, 0.2) is 0 Å². The summed E-state index contributed by atoms with van der Waals surface area (Å²) in [5, 5.41) is 6.56. The first-order chi connectivity index (χ1) is 10.0. The largest absolute Gasteiger partial charge is 0.384 e. The first kappa shape index (κ1) is 17.3. The Labute approximate surface area is 130 Å². The van der Waals surface area contributed by atoms with Crippen LogP contribution < -0.4 is 16.4 Å². The number of carbonyl (C=O) groups excluding carboxylic acids is 2. The van der Waals surface area contributed by atoms with Crippen molar-refractivity contribution in [2.24, 2.45) is 5.73 Å². The molecule has 0 bridgehead atoms. The summed E-state index contributed by atoms with van der Waals surface area (Å²) in [7, 11) is 0. The molecule has 1 aromatic carbocycles. The lowest BCUT2D eigenvalue weighted by atomic mass is 10.1. The van der Waals surface area contributed by atoms with Crippen molar-refractivity contribution >= 4 is 29.1 Å². The van der Waals surface area contributed by atoms with Gasteiger partial charge in [-0.05, 0) is 37.5 Å². The number of hydrogen-bond donors (Lipinski definition) is 3. The molecule has 4 N–H and O–H groups in total. The number of benzene rings is 1. The van der Waals surface area contributed by atoms with Gasteiger partial charge in [0.2, 0.25) is 5.91 Å². The molecule has 116 valence electrons. The molecule has 0 unspecified atom stereocenters. The Hall–Kier alpha value is -1.75. The van der Waals surface area contributed by atoms with Gasteiger partial charge in [0.25, 0.3) is 5.91 Å². The number of hydrogen-bond acceptors (Lipinski definition) is 3. The van der Waals surface area contributed by atoms with Crippen LogP contribution in [0.4, 0.5) is 5.69 Å². The minimum Gasteiger partial charge on any atom is -0.384 e. The van der Waals surface area contributed by atoms with E-state index in [9.17, 15) is 9.59 Å². The quantitative estimate of drug-likeness (QED) is 0.613. The maximum Gasteiger partial charge on any atom is 0.253 e. The molecule has 0 spiro atoms. The number of nitrogens with one attached hydrogen (secondary N) is 2. The molecule has 1 aromatic rings. The Morgan fingerprint density at radius 3 is 2.67 bits per heavy atom. The van der Waals surface area contributed by atoms with Crippen LogP contribution in [0.5, 0.6) is 0 Å². The summed E-state index contributed by atoms with van der Waals surface area (Å²) in [5.41, 5.74) is 6.37. The molecule has 0 saturated carbocycles. The van der Waals surface area contributed by atoms with Crippen molar-refractivity contribution in [3.8, 4) is 0 Å². The Morgan fingerprint density at radius 2 is 2.00 bits per heavy atom. The number of amides is 2. The normalized spacial score (nSPS) is 10.2. The summed E-state index contributed by atoms with van der Waals surface area (Å²) in [6.45, 7) is 3.35. The van der Waals surface area contributed by atoms with Crippen LogP contribution in [0.15, 0.2) is 18.2 Å². The number of primary amides is 1. The fourth-order valence-corrected chi connectivity index (χ4v) is 2.01. The molecular weight excluding hydrogens is 290 g/mol. The van der Waals surface area contributed by atoms with E-state index in [0.717, 1.165) is 18.7 Å². The zero-order valence-electron chi connectivity index (χ0n) is 12.2. The minimum atomic E-state index is -0.317. The van der Waals surface area contributed by atoms with E-state index in [4.69, 9.17) is 17.3 Å². The second kappa shape index (κ2) is 9.23. The van der Waals surface area contributed by atoms with Gasteiger partial charge in [0.1, 0.15) is 0 Å². The van der Waals surface area contributed by atoms with Gasteiger partial charge in [0, 0.05) is 30.2 Å². The maximum atomic E-state index is 12.2. The van der Waals surface area contributed by atoms with Gasteiger partial charge in [0.05, 0.1) is 5.56 Å². The van der Waals surface area contributed by atoms with Crippen molar-refractivity contribution in [2.45, 2.75) is 32.6 Å². The van der Waals surface area contributed by atoms with Gasteiger partial charge < -0.3 is 16.4 Å². The third-order valence-electron chi connectivity index (χ3n) is 2.93. The molecule has 0 aliphatic carbocycles. The molecule has 0 aliphatic rings. The van der Waals surface area contributed by atoms with E-state index in [1.54, 1.807) is 18.2 Å². The number of nitrogens with two attached hydrogens (primary N) is 1. The summed E-state index contributed by atoms with van der Waals surface area (Å²) in [6.07, 6.45) is 2.70. The molecule has 6 heteroatoms. The van der Waals surface area contributed by atoms with E-state index in [2.05, 4.69) is 17.6 Å². The number of unbranched alkanes of at least 4 members (excludes halogenated alkanes) is 1. The third kappa shape index (κ3) is 6.49. The van der Waals surface area contributed by atoms with Crippen molar-refractivity contribution in [3.63, 3.8) is 0 Å². The molecule has 0 aliphatic heterocycles. The van der Waals surface area contributed by atoms with Gasteiger partial charge in [-0.15, -0.1) is 0 Å². The van der Waals surface area contributed by atoms with Crippen molar-refractivity contribution in [1.29, 1.82) is 0 Å². The molecule has 2 amide bonds. The van der Waals surface area contributed by atoms with E-state index in [1.165, 1.54) is 0 Å². The Balaban J connectivity index is 2.55. The predicted octanol–water partition coefficient (Wildman–Crippen LogP) is 2.55. The molecule has 0 saturated heterocycles. The SMILES string of the molecule is CCCNc1ccc(Cl)cc1C(=O)NCCCCC(N)=O. The van der Waals surface area contributed by atoms with Crippen molar-refractivity contribution in [1.82, 2.24) is 5.32 Å². The van der Waals surface area contributed by atoms with Gasteiger partial charge in [-0.3, -0.25) is 9.59 Å².